The van der Waals surface area contributed by atoms with Crippen molar-refractivity contribution in [1.82, 2.24) is 15.3 Å². The number of cyclic esters (lactones) is 1. The second kappa shape index (κ2) is 6.58. The standard InChI is InChI=1S/C21H27N3O4/c1-4-5-6-11-16-21(18-20(2,3)13-28-19(27)23(18)21)24(16)22-17(26)15-10-8-7-9-14(15)12-25/h7-10,12,16,18H,4-6,11,13H2,1-3H3,(H,22,26)/t16?,18-,21+,23?,24-/m1/s1. The van der Waals surface area contributed by atoms with Gasteiger partial charge in [-0.2, -0.15) is 5.01 Å². The average Bonchev–Trinajstić information content (AvgIpc) is 3.55. The number of ether oxygens (including phenoxy) is 1. The maximum Gasteiger partial charge on any atom is 0.411 e. The number of benzene rings is 1. The van der Waals surface area contributed by atoms with Crippen LogP contribution in [0.4, 0.5) is 4.79 Å². The van der Waals surface area contributed by atoms with Crippen LogP contribution in [0.15, 0.2) is 24.3 Å². The van der Waals surface area contributed by atoms with Gasteiger partial charge in [0, 0.05) is 11.0 Å². The number of hydrogen-bond donors (Lipinski definition) is 1. The fraction of sp³-hybridized carbons (Fsp3) is 0.571. The lowest BCUT2D eigenvalue weighted by molar-refractivity contribution is 0.0493. The minimum Gasteiger partial charge on any atom is -0.449 e. The Morgan fingerprint density at radius 2 is 2.07 bits per heavy atom. The minimum atomic E-state index is -0.489. The van der Waals surface area contributed by atoms with E-state index >= 15 is 0 Å². The molecule has 4 atom stereocenters. The van der Waals surface area contributed by atoms with Gasteiger partial charge >= 0.3 is 6.09 Å². The summed E-state index contributed by atoms with van der Waals surface area (Å²) in [6, 6.07) is 6.82. The number of carbonyl (C=O) groups is 3. The van der Waals surface area contributed by atoms with Crippen LogP contribution in [0.1, 0.15) is 67.2 Å². The Morgan fingerprint density at radius 3 is 2.75 bits per heavy atom. The number of rotatable bonds is 7. The Bertz CT molecular complexity index is 824. The van der Waals surface area contributed by atoms with Gasteiger partial charge in [-0.15, -0.1) is 0 Å². The Morgan fingerprint density at radius 1 is 1.32 bits per heavy atom. The molecule has 3 fully saturated rings. The molecule has 28 heavy (non-hydrogen) atoms. The van der Waals surface area contributed by atoms with E-state index in [4.69, 9.17) is 4.74 Å². The summed E-state index contributed by atoms with van der Waals surface area (Å²) in [6.07, 6.45) is 4.54. The van der Waals surface area contributed by atoms with Gasteiger partial charge in [0.2, 0.25) is 0 Å². The van der Waals surface area contributed by atoms with Crippen LogP contribution in [-0.2, 0) is 4.74 Å². The van der Waals surface area contributed by atoms with Crippen molar-refractivity contribution in [3.05, 3.63) is 35.4 Å². The Hall–Kier alpha value is -2.41. The van der Waals surface area contributed by atoms with Gasteiger partial charge in [-0.1, -0.05) is 58.2 Å². The van der Waals surface area contributed by atoms with E-state index < -0.39 is 5.66 Å². The molecule has 0 bridgehead atoms. The summed E-state index contributed by atoms with van der Waals surface area (Å²) in [7, 11) is 0. The number of carbonyl (C=O) groups excluding carboxylic acids is 3. The molecule has 1 spiro atoms. The fourth-order valence-corrected chi connectivity index (χ4v) is 4.89. The predicted molar refractivity (Wildman–Crippen MR) is 103 cm³/mol. The molecule has 1 N–H and O–H groups in total. The molecule has 7 heteroatoms. The van der Waals surface area contributed by atoms with Crippen molar-refractivity contribution in [3.8, 4) is 0 Å². The Balaban J connectivity index is 1.57. The second-order valence-electron chi connectivity index (χ2n) is 8.63. The van der Waals surface area contributed by atoms with Crippen molar-refractivity contribution < 1.29 is 19.1 Å². The van der Waals surface area contributed by atoms with Crippen LogP contribution >= 0.6 is 0 Å². The second-order valence-corrected chi connectivity index (χ2v) is 8.63. The van der Waals surface area contributed by atoms with Crippen molar-refractivity contribution >= 4 is 18.3 Å². The molecule has 3 aliphatic heterocycles. The number of aldehydes is 1. The van der Waals surface area contributed by atoms with Crippen LogP contribution in [-0.4, -0.2) is 52.5 Å². The summed E-state index contributed by atoms with van der Waals surface area (Å²) >= 11 is 0. The molecule has 0 aromatic heterocycles. The zero-order chi connectivity index (χ0) is 20.1. The molecule has 0 aliphatic carbocycles. The number of hydrogen-bond acceptors (Lipinski definition) is 5. The molecule has 1 unspecified atom stereocenters. The fourth-order valence-electron chi connectivity index (χ4n) is 4.89. The van der Waals surface area contributed by atoms with Crippen molar-refractivity contribution in [2.45, 2.75) is 64.2 Å². The molecule has 1 aromatic rings. The molecule has 4 rings (SSSR count). The third-order valence-corrected chi connectivity index (χ3v) is 6.24. The van der Waals surface area contributed by atoms with Crippen molar-refractivity contribution in [2.24, 2.45) is 5.41 Å². The Kier molecular flexibility index (Phi) is 4.45. The van der Waals surface area contributed by atoms with Crippen molar-refractivity contribution in [3.63, 3.8) is 0 Å². The first-order chi connectivity index (χ1) is 13.4. The summed E-state index contributed by atoms with van der Waals surface area (Å²) in [5.74, 6) is -0.323. The average molecular weight is 385 g/mol. The smallest absolute Gasteiger partial charge is 0.411 e. The van der Waals surface area contributed by atoms with Gasteiger partial charge in [0.15, 0.2) is 11.9 Å². The highest BCUT2D eigenvalue weighted by atomic mass is 16.6. The number of amides is 2. The quantitative estimate of drug-likeness (QED) is 0.444. The van der Waals surface area contributed by atoms with E-state index in [0.29, 0.717) is 24.0 Å². The SMILES string of the molecule is CCCCCC1[N@@](NC(=O)c2ccccc2C=O)[C@]12[C@@H]1N2C(=O)OCC1(C)C. The van der Waals surface area contributed by atoms with Gasteiger partial charge in [0.25, 0.3) is 5.91 Å². The number of nitrogens with zero attached hydrogens (tertiary/aromatic N) is 2. The van der Waals surface area contributed by atoms with Crippen molar-refractivity contribution in [1.29, 1.82) is 0 Å². The van der Waals surface area contributed by atoms with Gasteiger partial charge in [-0.25, -0.2) is 4.79 Å². The van der Waals surface area contributed by atoms with Crippen molar-refractivity contribution in [2.75, 3.05) is 6.61 Å². The minimum absolute atomic E-state index is 0.0227. The van der Waals surface area contributed by atoms with E-state index in [1.54, 1.807) is 29.2 Å². The summed E-state index contributed by atoms with van der Waals surface area (Å²) in [4.78, 5) is 38.3. The third-order valence-electron chi connectivity index (χ3n) is 6.24. The monoisotopic (exact) mass is 385 g/mol. The molecule has 150 valence electrons. The highest BCUT2D eigenvalue weighted by Crippen LogP contribution is 2.67. The lowest BCUT2D eigenvalue weighted by Gasteiger charge is -2.27. The van der Waals surface area contributed by atoms with E-state index in [1.807, 2.05) is 5.01 Å². The van der Waals surface area contributed by atoms with Gasteiger partial charge < -0.3 is 4.74 Å². The Labute approximate surface area is 165 Å². The third kappa shape index (κ3) is 2.64. The number of nitrogens with one attached hydrogen (secondary N) is 1. The first-order valence-electron chi connectivity index (χ1n) is 10.00. The lowest BCUT2D eigenvalue weighted by atomic mass is 9.86. The largest absolute Gasteiger partial charge is 0.449 e. The molecule has 0 radical (unpaired) electrons. The van der Waals surface area contributed by atoms with E-state index in [0.717, 1.165) is 25.7 Å². The van der Waals surface area contributed by atoms with Crippen LogP contribution < -0.4 is 5.43 Å². The summed E-state index contributed by atoms with van der Waals surface area (Å²) in [5.41, 5.74) is 3.00. The predicted octanol–water partition coefficient (Wildman–Crippen LogP) is 2.97. The molecule has 3 heterocycles. The van der Waals surface area contributed by atoms with Crippen LogP contribution in [0.2, 0.25) is 0 Å². The summed E-state index contributed by atoms with van der Waals surface area (Å²) in [6.45, 7) is 6.72. The maximum absolute atomic E-state index is 12.9. The molecule has 7 nitrogen and oxygen atoms in total. The molecule has 3 aliphatic rings. The topological polar surface area (TPSA) is 78.5 Å². The number of fused-ring (bicyclic) bond motifs is 3. The molecular formula is C21H27N3O4. The summed E-state index contributed by atoms with van der Waals surface area (Å²) in [5, 5.41) is 1.91. The van der Waals surface area contributed by atoms with E-state index in [1.165, 1.54) is 0 Å². The van der Waals surface area contributed by atoms with Gasteiger partial charge in [-0.05, 0) is 12.5 Å². The van der Waals surface area contributed by atoms with E-state index in [2.05, 4.69) is 26.2 Å². The first-order valence-corrected chi connectivity index (χ1v) is 10.00. The van der Waals surface area contributed by atoms with Crippen LogP contribution in [0.25, 0.3) is 0 Å². The maximum atomic E-state index is 12.9. The van der Waals surface area contributed by atoms with E-state index in [-0.39, 0.29) is 29.5 Å². The first kappa shape index (κ1) is 18.9. The van der Waals surface area contributed by atoms with Gasteiger partial charge in [-0.3, -0.25) is 19.9 Å². The summed E-state index contributed by atoms with van der Waals surface area (Å²) < 4.78 is 5.37. The molecular weight excluding hydrogens is 358 g/mol. The molecule has 1 aromatic carbocycles. The zero-order valence-electron chi connectivity index (χ0n) is 16.6. The van der Waals surface area contributed by atoms with Crippen LogP contribution in [0.5, 0.6) is 0 Å². The zero-order valence-corrected chi connectivity index (χ0v) is 16.6. The molecule has 2 amide bonds. The highest BCUT2D eigenvalue weighted by Gasteiger charge is 2.89. The highest BCUT2D eigenvalue weighted by molar-refractivity contribution is 6.01. The van der Waals surface area contributed by atoms with Gasteiger partial charge in [0.1, 0.15) is 6.61 Å². The normalized spacial score (nSPS) is 31.8. The lowest BCUT2D eigenvalue weighted by Crippen LogP contribution is -2.37. The number of unbranched alkanes of at least 4 members (excludes halogenated alkanes) is 2. The van der Waals surface area contributed by atoms with Crippen LogP contribution in [0.3, 0.4) is 0 Å². The molecule has 0 saturated carbocycles. The molecule has 3 saturated heterocycles. The van der Waals surface area contributed by atoms with E-state index in [9.17, 15) is 14.4 Å². The number of hydrazine groups is 1. The van der Waals surface area contributed by atoms with Crippen LogP contribution in [0, 0.1) is 5.41 Å². The van der Waals surface area contributed by atoms with Gasteiger partial charge in [0.05, 0.1) is 17.6 Å².